The van der Waals surface area contributed by atoms with Crippen molar-refractivity contribution >= 4 is 17.6 Å². The average molecular weight is 233 g/mol. The molecule has 1 aliphatic heterocycles. The number of benzene rings is 1. The maximum absolute atomic E-state index is 12.1. The smallest absolute Gasteiger partial charge is 0.327 e. The molecular formula is C13H15NO3. The van der Waals surface area contributed by atoms with Crippen LogP contribution in [0.4, 0.5) is 5.69 Å². The summed E-state index contributed by atoms with van der Waals surface area (Å²) in [6.45, 7) is 3.56. The summed E-state index contributed by atoms with van der Waals surface area (Å²) in [5, 5.41) is 9.19. The molecule has 1 aliphatic rings. The van der Waals surface area contributed by atoms with Crippen LogP contribution in [0.2, 0.25) is 0 Å². The van der Waals surface area contributed by atoms with Gasteiger partial charge >= 0.3 is 5.97 Å². The number of para-hydroxylation sites is 1. The average Bonchev–Trinajstić information content (AvgIpc) is 2.67. The summed E-state index contributed by atoms with van der Waals surface area (Å²) in [4.78, 5) is 24.7. The van der Waals surface area contributed by atoms with Gasteiger partial charge in [-0.25, -0.2) is 4.79 Å². The molecule has 0 radical (unpaired) electrons. The first-order chi connectivity index (χ1) is 8.02. The molecule has 2 rings (SSSR count). The van der Waals surface area contributed by atoms with E-state index in [-0.39, 0.29) is 11.8 Å². The molecule has 1 unspecified atom stereocenters. The molecule has 0 spiro atoms. The minimum atomic E-state index is -0.949. The molecule has 1 aromatic carbocycles. The quantitative estimate of drug-likeness (QED) is 0.845. The van der Waals surface area contributed by atoms with Gasteiger partial charge in [0, 0.05) is 18.0 Å². The summed E-state index contributed by atoms with van der Waals surface area (Å²) < 4.78 is 0. The number of aliphatic carboxylic acids is 1. The molecule has 0 saturated heterocycles. The number of fused-ring (bicyclic) bond motifs is 1. The number of rotatable bonds is 2. The molecule has 0 fully saturated rings. The van der Waals surface area contributed by atoms with E-state index in [0.717, 1.165) is 11.3 Å². The third-order valence-electron chi connectivity index (χ3n) is 2.99. The highest BCUT2D eigenvalue weighted by Crippen LogP contribution is 2.33. The van der Waals surface area contributed by atoms with E-state index < -0.39 is 12.0 Å². The largest absolute Gasteiger partial charge is 0.480 e. The second kappa shape index (κ2) is 4.20. The molecule has 1 heterocycles. The summed E-state index contributed by atoms with van der Waals surface area (Å²) in [7, 11) is 0. The number of carboxylic acid groups (broad SMARTS) is 1. The normalized spacial score (nSPS) is 18.3. The topological polar surface area (TPSA) is 57.6 Å². The zero-order valence-corrected chi connectivity index (χ0v) is 9.88. The first-order valence-electron chi connectivity index (χ1n) is 5.66. The van der Waals surface area contributed by atoms with Crippen LogP contribution in [0.5, 0.6) is 0 Å². The van der Waals surface area contributed by atoms with Gasteiger partial charge in [0.1, 0.15) is 6.04 Å². The van der Waals surface area contributed by atoms with Crippen LogP contribution in [0.1, 0.15) is 19.4 Å². The van der Waals surface area contributed by atoms with Crippen LogP contribution in [0, 0.1) is 5.92 Å². The van der Waals surface area contributed by atoms with Crippen molar-refractivity contribution in [2.75, 3.05) is 4.90 Å². The number of carbonyl (C=O) groups is 2. The van der Waals surface area contributed by atoms with Crippen molar-refractivity contribution in [1.29, 1.82) is 0 Å². The minimum Gasteiger partial charge on any atom is -0.480 e. The number of carboxylic acids is 1. The summed E-state index contributed by atoms with van der Waals surface area (Å²) in [5.74, 6) is -1.29. The van der Waals surface area contributed by atoms with Crippen LogP contribution in [-0.2, 0) is 16.0 Å². The molecule has 17 heavy (non-hydrogen) atoms. The fourth-order valence-corrected chi connectivity index (χ4v) is 2.13. The Labute approximate surface area is 99.9 Å². The molecule has 0 bridgehead atoms. The Morgan fingerprint density at radius 3 is 2.59 bits per heavy atom. The van der Waals surface area contributed by atoms with Crippen molar-refractivity contribution in [1.82, 2.24) is 0 Å². The number of carbonyl (C=O) groups excluding carboxylic acids is 1. The highest BCUT2D eigenvalue weighted by Gasteiger charge is 2.38. The molecule has 0 saturated carbocycles. The highest BCUT2D eigenvalue weighted by atomic mass is 16.4. The minimum absolute atomic E-state index is 0.137. The van der Waals surface area contributed by atoms with Gasteiger partial charge in [-0.1, -0.05) is 32.0 Å². The zero-order chi connectivity index (χ0) is 12.6. The summed E-state index contributed by atoms with van der Waals surface area (Å²) in [6.07, 6.45) is 0.393. The molecule has 1 aromatic rings. The molecular weight excluding hydrogens is 218 g/mol. The van der Waals surface area contributed by atoms with E-state index in [1.54, 1.807) is 19.9 Å². The Morgan fingerprint density at radius 1 is 1.35 bits per heavy atom. The molecule has 4 nitrogen and oxygen atoms in total. The van der Waals surface area contributed by atoms with E-state index in [4.69, 9.17) is 0 Å². The summed E-state index contributed by atoms with van der Waals surface area (Å²) in [6, 6.07) is 6.60. The number of hydrogen-bond donors (Lipinski definition) is 1. The van der Waals surface area contributed by atoms with Gasteiger partial charge in [-0.05, 0) is 11.6 Å². The summed E-state index contributed by atoms with van der Waals surface area (Å²) in [5.41, 5.74) is 1.66. The fourth-order valence-electron chi connectivity index (χ4n) is 2.13. The van der Waals surface area contributed by atoms with Gasteiger partial charge in [0.25, 0.3) is 0 Å². The molecule has 1 amide bonds. The molecule has 1 N–H and O–H groups in total. The number of hydrogen-bond acceptors (Lipinski definition) is 2. The Morgan fingerprint density at radius 2 is 2.00 bits per heavy atom. The van der Waals surface area contributed by atoms with Gasteiger partial charge < -0.3 is 5.11 Å². The van der Waals surface area contributed by atoms with Crippen LogP contribution in [0.15, 0.2) is 24.3 Å². The third-order valence-corrected chi connectivity index (χ3v) is 2.99. The van der Waals surface area contributed by atoms with Crippen molar-refractivity contribution in [3.8, 4) is 0 Å². The van der Waals surface area contributed by atoms with Gasteiger partial charge in [0.15, 0.2) is 0 Å². The van der Waals surface area contributed by atoms with E-state index in [9.17, 15) is 14.7 Å². The van der Waals surface area contributed by atoms with E-state index >= 15 is 0 Å². The van der Waals surface area contributed by atoms with Gasteiger partial charge in [-0.3, -0.25) is 9.69 Å². The monoisotopic (exact) mass is 233 g/mol. The maximum Gasteiger partial charge on any atom is 0.327 e. The predicted octanol–water partition coefficient (Wildman–Crippen LogP) is 1.68. The van der Waals surface area contributed by atoms with Crippen LogP contribution in [-0.4, -0.2) is 23.0 Å². The first kappa shape index (κ1) is 11.6. The van der Waals surface area contributed by atoms with Crippen LogP contribution < -0.4 is 4.90 Å². The fraction of sp³-hybridized carbons (Fsp3) is 0.385. The van der Waals surface area contributed by atoms with Crippen molar-refractivity contribution in [2.45, 2.75) is 26.3 Å². The zero-order valence-electron chi connectivity index (χ0n) is 9.88. The Balaban J connectivity index is 2.44. The molecule has 1 atom stereocenters. The van der Waals surface area contributed by atoms with Crippen molar-refractivity contribution in [3.63, 3.8) is 0 Å². The number of nitrogens with zero attached hydrogens (tertiary/aromatic N) is 1. The Hall–Kier alpha value is -1.84. The van der Waals surface area contributed by atoms with E-state index in [2.05, 4.69) is 0 Å². The first-order valence-corrected chi connectivity index (χ1v) is 5.66. The molecule has 90 valence electrons. The third kappa shape index (κ3) is 1.90. The van der Waals surface area contributed by atoms with Gasteiger partial charge in [0.05, 0.1) is 0 Å². The predicted molar refractivity (Wildman–Crippen MR) is 63.9 cm³/mol. The lowest BCUT2D eigenvalue weighted by Crippen LogP contribution is -2.44. The van der Waals surface area contributed by atoms with Crippen LogP contribution in [0.25, 0.3) is 0 Å². The Bertz CT molecular complexity index is 467. The second-order valence-electron chi connectivity index (χ2n) is 4.55. The lowest BCUT2D eigenvalue weighted by Gasteiger charge is -2.24. The maximum atomic E-state index is 12.1. The van der Waals surface area contributed by atoms with E-state index in [1.807, 2.05) is 18.2 Å². The van der Waals surface area contributed by atoms with Crippen LogP contribution >= 0.6 is 0 Å². The van der Waals surface area contributed by atoms with Crippen molar-refractivity contribution in [3.05, 3.63) is 29.8 Å². The highest BCUT2D eigenvalue weighted by molar-refractivity contribution is 6.02. The Kier molecular flexibility index (Phi) is 2.88. The standard InChI is InChI=1S/C13H15NO3/c1-8(2)12(15)14-10-6-4-3-5-9(10)7-11(14)13(16)17/h3-6,8,11H,7H2,1-2H3,(H,16,17). The summed E-state index contributed by atoms with van der Waals surface area (Å²) >= 11 is 0. The van der Waals surface area contributed by atoms with E-state index in [0.29, 0.717) is 6.42 Å². The number of anilines is 1. The lowest BCUT2D eigenvalue weighted by molar-refractivity contribution is -0.140. The van der Waals surface area contributed by atoms with Gasteiger partial charge in [0.2, 0.25) is 5.91 Å². The van der Waals surface area contributed by atoms with Crippen molar-refractivity contribution < 1.29 is 14.7 Å². The van der Waals surface area contributed by atoms with Gasteiger partial charge in [-0.15, -0.1) is 0 Å². The second-order valence-corrected chi connectivity index (χ2v) is 4.55. The SMILES string of the molecule is CC(C)C(=O)N1c2ccccc2CC1C(=O)O. The lowest BCUT2D eigenvalue weighted by atomic mass is 10.1. The molecule has 0 aromatic heterocycles. The molecule has 4 heteroatoms. The van der Waals surface area contributed by atoms with E-state index in [1.165, 1.54) is 4.90 Å². The number of amides is 1. The van der Waals surface area contributed by atoms with Crippen LogP contribution in [0.3, 0.4) is 0 Å². The van der Waals surface area contributed by atoms with Crippen molar-refractivity contribution in [2.24, 2.45) is 5.92 Å². The van der Waals surface area contributed by atoms with Gasteiger partial charge in [-0.2, -0.15) is 0 Å². The molecule has 0 aliphatic carbocycles.